The fraction of sp³-hybridized carbons (Fsp3) is 0.467. The molecule has 1 aromatic heterocycles. The van der Waals surface area contributed by atoms with Crippen LogP contribution in [0.2, 0.25) is 0 Å². The van der Waals surface area contributed by atoms with Crippen molar-refractivity contribution in [3.63, 3.8) is 0 Å². The largest absolute Gasteiger partial charge is 0.347 e. The molecule has 92 valence electrons. The summed E-state index contributed by atoms with van der Waals surface area (Å²) in [7, 11) is 0. The number of aromatic nitrogens is 1. The Bertz CT molecular complexity index is 481. The van der Waals surface area contributed by atoms with Crippen LogP contribution in [0.5, 0.6) is 0 Å². The van der Waals surface area contributed by atoms with Crippen LogP contribution in [0, 0.1) is 5.92 Å². The zero-order chi connectivity index (χ0) is 12.3. The monoisotopic (exact) mass is 230 g/mol. The van der Waals surface area contributed by atoms with Crippen LogP contribution < -0.4 is 5.73 Å². The third-order valence-corrected chi connectivity index (χ3v) is 3.68. The summed E-state index contributed by atoms with van der Waals surface area (Å²) in [6, 6.07) is 8.69. The van der Waals surface area contributed by atoms with E-state index in [1.54, 1.807) is 0 Å². The molecular formula is C15H22N2. The van der Waals surface area contributed by atoms with E-state index in [2.05, 4.69) is 48.9 Å². The predicted octanol–water partition coefficient (Wildman–Crippen LogP) is 3.54. The second kappa shape index (κ2) is 5.37. The normalized spacial score (nSPS) is 11.5. The van der Waals surface area contributed by atoms with Gasteiger partial charge in [0.2, 0.25) is 0 Å². The van der Waals surface area contributed by atoms with Gasteiger partial charge in [0, 0.05) is 24.8 Å². The summed E-state index contributed by atoms with van der Waals surface area (Å²) in [4.78, 5) is 0. The van der Waals surface area contributed by atoms with Gasteiger partial charge in [-0.05, 0) is 29.0 Å². The molecule has 0 atom stereocenters. The number of rotatable bonds is 5. The number of nitrogens with two attached hydrogens (primary N) is 1. The molecule has 0 bridgehead atoms. The molecule has 0 aliphatic carbocycles. The maximum atomic E-state index is 5.70. The summed E-state index contributed by atoms with van der Waals surface area (Å²) >= 11 is 0. The van der Waals surface area contributed by atoms with Crippen molar-refractivity contribution in [3.8, 4) is 0 Å². The van der Waals surface area contributed by atoms with E-state index in [0.29, 0.717) is 6.54 Å². The number of benzene rings is 1. The van der Waals surface area contributed by atoms with E-state index >= 15 is 0 Å². The topological polar surface area (TPSA) is 30.9 Å². The summed E-state index contributed by atoms with van der Waals surface area (Å²) in [6.45, 7) is 6.27. The second-order valence-electron chi connectivity index (χ2n) is 4.75. The fourth-order valence-corrected chi connectivity index (χ4v) is 2.34. The Labute approximate surface area is 103 Å². The van der Waals surface area contributed by atoms with Crippen molar-refractivity contribution in [3.05, 3.63) is 36.0 Å². The molecule has 1 aromatic carbocycles. The van der Waals surface area contributed by atoms with E-state index in [1.165, 1.54) is 29.3 Å². The van der Waals surface area contributed by atoms with Crippen LogP contribution in [-0.4, -0.2) is 4.57 Å². The molecule has 0 aliphatic heterocycles. The second-order valence-corrected chi connectivity index (χ2v) is 4.75. The average Bonchev–Trinajstić information content (AvgIpc) is 2.78. The maximum Gasteiger partial charge on any atom is 0.0483 e. The lowest BCUT2D eigenvalue weighted by atomic mass is 10.0. The summed E-state index contributed by atoms with van der Waals surface area (Å²) in [5.41, 5.74) is 8.23. The van der Waals surface area contributed by atoms with Gasteiger partial charge in [-0.1, -0.05) is 38.8 Å². The van der Waals surface area contributed by atoms with Crippen LogP contribution in [-0.2, 0) is 13.1 Å². The Morgan fingerprint density at radius 1 is 1.18 bits per heavy atom. The number of fused-ring (bicyclic) bond motifs is 1. The third-order valence-electron chi connectivity index (χ3n) is 3.68. The van der Waals surface area contributed by atoms with Gasteiger partial charge in [-0.2, -0.15) is 0 Å². The molecule has 0 saturated carbocycles. The first-order valence-corrected chi connectivity index (χ1v) is 6.56. The van der Waals surface area contributed by atoms with Gasteiger partial charge in [-0.25, -0.2) is 0 Å². The van der Waals surface area contributed by atoms with Gasteiger partial charge in [-0.3, -0.25) is 0 Å². The molecule has 2 rings (SSSR count). The first-order valence-electron chi connectivity index (χ1n) is 6.56. The Morgan fingerprint density at radius 2 is 1.94 bits per heavy atom. The van der Waals surface area contributed by atoms with E-state index in [-0.39, 0.29) is 0 Å². The molecular weight excluding hydrogens is 208 g/mol. The van der Waals surface area contributed by atoms with Gasteiger partial charge in [0.15, 0.2) is 0 Å². The van der Waals surface area contributed by atoms with Crippen molar-refractivity contribution in [2.24, 2.45) is 11.7 Å². The summed E-state index contributed by atoms with van der Waals surface area (Å²) < 4.78 is 2.37. The summed E-state index contributed by atoms with van der Waals surface area (Å²) in [5.74, 6) is 0.770. The standard InChI is InChI=1S/C15H22N2/c1-3-12(4-2)11-17-8-7-14-6-5-13(10-16)9-15(14)17/h5-9,12H,3-4,10-11,16H2,1-2H3. The molecule has 2 nitrogen and oxygen atoms in total. The zero-order valence-electron chi connectivity index (χ0n) is 10.8. The zero-order valence-corrected chi connectivity index (χ0v) is 10.8. The highest BCUT2D eigenvalue weighted by Crippen LogP contribution is 2.20. The van der Waals surface area contributed by atoms with Crippen LogP contribution in [0.3, 0.4) is 0 Å². The molecule has 17 heavy (non-hydrogen) atoms. The van der Waals surface area contributed by atoms with Crippen molar-refractivity contribution in [2.45, 2.75) is 39.8 Å². The van der Waals surface area contributed by atoms with Crippen LogP contribution in [0.1, 0.15) is 32.3 Å². The quantitative estimate of drug-likeness (QED) is 0.837. The highest BCUT2D eigenvalue weighted by atomic mass is 15.0. The maximum absolute atomic E-state index is 5.70. The third kappa shape index (κ3) is 2.52. The number of hydrogen-bond acceptors (Lipinski definition) is 1. The lowest BCUT2D eigenvalue weighted by Crippen LogP contribution is -2.08. The van der Waals surface area contributed by atoms with Gasteiger partial charge < -0.3 is 10.3 Å². The van der Waals surface area contributed by atoms with E-state index in [4.69, 9.17) is 5.73 Å². The first-order chi connectivity index (χ1) is 8.28. The van der Waals surface area contributed by atoms with Crippen LogP contribution in [0.15, 0.2) is 30.5 Å². The van der Waals surface area contributed by atoms with Crippen molar-refractivity contribution >= 4 is 10.9 Å². The molecule has 0 radical (unpaired) electrons. The minimum Gasteiger partial charge on any atom is -0.347 e. The van der Waals surface area contributed by atoms with Gasteiger partial charge in [0.05, 0.1) is 0 Å². The van der Waals surface area contributed by atoms with Gasteiger partial charge in [0.25, 0.3) is 0 Å². The van der Waals surface area contributed by atoms with E-state index in [1.807, 2.05) is 0 Å². The van der Waals surface area contributed by atoms with Crippen LogP contribution >= 0.6 is 0 Å². The average molecular weight is 230 g/mol. The number of hydrogen-bond donors (Lipinski definition) is 1. The van der Waals surface area contributed by atoms with E-state index in [0.717, 1.165) is 12.5 Å². The number of nitrogens with zero attached hydrogens (tertiary/aromatic N) is 1. The molecule has 2 N–H and O–H groups in total. The Hall–Kier alpha value is -1.28. The predicted molar refractivity (Wildman–Crippen MR) is 73.9 cm³/mol. The van der Waals surface area contributed by atoms with Crippen molar-refractivity contribution in [1.29, 1.82) is 0 Å². The van der Waals surface area contributed by atoms with Crippen LogP contribution in [0.4, 0.5) is 0 Å². The van der Waals surface area contributed by atoms with Crippen molar-refractivity contribution in [1.82, 2.24) is 4.57 Å². The molecule has 0 saturated heterocycles. The first kappa shape index (κ1) is 12.2. The fourth-order valence-electron chi connectivity index (χ4n) is 2.34. The molecule has 0 aliphatic rings. The molecule has 0 spiro atoms. The van der Waals surface area contributed by atoms with Crippen molar-refractivity contribution in [2.75, 3.05) is 0 Å². The Kier molecular flexibility index (Phi) is 3.85. The molecule has 0 unspecified atom stereocenters. The highest BCUT2D eigenvalue weighted by molar-refractivity contribution is 5.80. The molecule has 2 aromatic rings. The molecule has 0 fully saturated rings. The van der Waals surface area contributed by atoms with E-state index in [9.17, 15) is 0 Å². The SMILES string of the molecule is CCC(CC)Cn1ccc2ccc(CN)cc21. The highest BCUT2D eigenvalue weighted by Gasteiger charge is 2.07. The van der Waals surface area contributed by atoms with Gasteiger partial charge >= 0.3 is 0 Å². The smallest absolute Gasteiger partial charge is 0.0483 e. The minimum absolute atomic E-state index is 0.617. The Balaban J connectivity index is 2.33. The van der Waals surface area contributed by atoms with E-state index < -0.39 is 0 Å². The van der Waals surface area contributed by atoms with Gasteiger partial charge in [-0.15, -0.1) is 0 Å². The summed E-state index contributed by atoms with van der Waals surface area (Å²) in [5, 5.41) is 1.31. The Morgan fingerprint density at radius 3 is 2.59 bits per heavy atom. The summed E-state index contributed by atoms with van der Waals surface area (Å²) in [6.07, 6.45) is 4.68. The molecule has 2 heteroatoms. The molecule has 1 heterocycles. The van der Waals surface area contributed by atoms with Crippen LogP contribution in [0.25, 0.3) is 10.9 Å². The lowest BCUT2D eigenvalue weighted by Gasteiger charge is -2.14. The minimum atomic E-state index is 0.617. The van der Waals surface area contributed by atoms with Crippen molar-refractivity contribution < 1.29 is 0 Å². The molecule has 0 amide bonds. The van der Waals surface area contributed by atoms with Gasteiger partial charge in [0.1, 0.15) is 0 Å². The lowest BCUT2D eigenvalue weighted by molar-refractivity contribution is 0.425.